The molecule has 2 aromatic rings. The first-order valence-electron chi connectivity index (χ1n) is 6.94. The van der Waals surface area contributed by atoms with E-state index in [2.05, 4.69) is 10.3 Å². The highest BCUT2D eigenvalue weighted by atomic mass is 35.5. The van der Waals surface area contributed by atoms with Gasteiger partial charge in [0.2, 0.25) is 0 Å². The van der Waals surface area contributed by atoms with Crippen molar-refractivity contribution in [2.45, 2.75) is 12.8 Å². The van der Waals surface area contributed by atoms with E-state index in [0.29, 0.717) is 23.7 Å². The topological polar surface area (TPSA) is 94.3 Å². The zero-order valence-corrected chi connectivity index (χ0v) is 13.8. The smallest absolute Gasteiger partial charge is 0.312 e. The fourth-order valence-corrected chi connectivity index (χ4v) is 2.96. The molecule has 1 aromatic heterocycles. The summed E-state index contributed by atoms with van der Waals surface area (Å²) < 4.78 is 5.07. The van der Waals surface area contributed by atoms with Gasteiger partial charge in [0.15, 0.2) is 0 Å². The van der Waals surface area contributed by atoms with Crippen molar-refractivity contribution in [1.82, 2.24) is 10.3 Å². The summed E-state index contributed by atoms with van der Waals surface area (Å²) >= 11 is 7.56. The zero-order valence-electron chi connectivity index (χ0n) is 12.3. The first-order chi connectivity index (χ1) is 11.1. The minimum absolute atomic E-state index is 0.101. The second-order valence-corrected chi connectivity index (χ2v) is 5.93. The van der Waals surface area contributed by atoms with E-state index < -0.39 is 6.03 Å². The molecule has 0 atom stereocenters. The number of carbonyl (C=O) groups excluding carboxylic acids is 2. The van der Waals surface area contributed by atoms with E-state index in [0.717, 1.165) is 10.6 Å². The minimum atomic E-state index is -0.592. The van der Waals surface area contributed by atoms with Crippen LogP contribution in [0.2, 0.25) is 5.02 Å². The molecule has 1 heterocycles. The summed E-state index contributed by atoms with van der Waals surface area (Å²) in [6.07, 6.45) is 0.612. The zero-order chi connectivity index (χ0) is 16.7. The Morgan fingerprint density at radius 3 is 2.87 bits per heavy atom. The Balaban J connectivity index is 1.81. The van der Waals surface area contributed by atoms with Crippen LogP contribution in [0.25, 0.3) is 10.6 Å². The number of rotatable bonds is 7. The average Bonchev–Trinajstić information content (AvgIpc) is 2.95. The molecule has 0 aliphatic heterocycles. The number of nitrogens with zero attached hydrogens (tertiary/aromatic N) is 1. The maximum absolute atomic E-state index is 11.7. The third-order valence-corrected chi connectivity index (χ3v) is 4.12. The molecule has 0 saturated heterocycles. The van der Waals surface area contributed by atoms with Crippen molar-refractivity contribution in [3.8, 4) is 10.6 Å². The molecule has 6 nitrogen and oxygen atoms in total. The van der Waals surface area contributed by atoms with Crippen molar-refractivity contribution in [3.63, 3.8) is 0 Å². The van der Waals surface area contributed by atoms with Crippen molar-refractivity contribution in [2.75, 3.05) is 13.2 Å². The molecule has 8 heteroatoms. The number of carbonyl (C=O) groups is 2. The van der Waals surface area contributed by atoms with Gasteiger partial charge in [-0.15, -0.1) is 11.3 Å². The quantitative estimate of drug-likeness (QED) is 0.591. The van der Waals surface area contributed by atoms with E-state index >= 15 is 0 Å². The van der Waals surface area contributed by atoms with Gasteiger partial charge in [-0.05, 0) is 12.5 Å². The summed E-state index contributed by atoms with van der Waals surface area (Å²) in [5.41, 5.74) is 6.41. The van der Waals surface area contributed by atoms with Crippen LogP contribution in [0.1, 0.15) is 12.1 Å². The minimum Gasteiger partial charge on any atom is -0.465 e. The van der Waals surface area contributed by atoms with E-state index in [1.54, 1.807) is 6.07 Å². The second-order valence-electron chi connectivity index (χ2n) is 4.67. The van der Waals surface area contributed by atoms with Crippen molar-refractivity contribution in [1.29, 1.82) is 0 Å². The van der Waals surface area contributed by atoms with Crippen LogP contribution in [0.15, 0.2) is 29.6 Å². The molecule has 0 unspecified atom stereocenters. The number of hydrogen-bond donors (Lipinski definition) is 2. The second kappa shape index (κ2) is 8.50. The highest BCUT2D eigenvalue weighted by molar-refractivity contribution is 7.13. The first kappa shape index (κ1) is 17.2. The Kier molecular flexibility index (Phi) is 6.37. The molecule has 0 spiro atoms. The van der Waals surface area contributed by atoms with Gasteiger partial charge < -0.3 is 15.8 Å². The predicted molar refractivity (Wildman–Crippen MR) is 89.4 cm³/mol. The SMILES string of the molecule is NC(=O)NCCCOC(=O)Cc1csc(-c2ccccc2Cl)n1. The molecule has 0 saturated carbocycles. The van der Waals surface area contributed by atoms with Crippen LogP contribution in [0.4, 0.5) is 4.79 Å². The van der Waals surface area contributed by atoms with Gasteiger partial charge in [-0.2, -0.15) is 0 Å². The van der Waals surface area contributed by atoms with Crippen LogP contribution in [0, 0.1) is 0 Å². The maximum atomic E-state index is 11.7. The lowest BCUT2D eigenvalue weighted by molar-refractivity contribution is -0.142. The number of nitrogens with one attached hydrogen (secondary N) is 1. The van der Waals surface area contributed by atoms with Gasteiger partial charge in [-0.3, -0.25) is 4.79 Å². The Labute approximate surface area is 142 Å². The number of esters is 1. The molecular weight excluding hydrogens is 338 g/mol. The van der Waals surface area contributed by atoms with Gasteiger partial charge in [-0.1, -0.05) is 29.8 Å². The number of aromatic nitrogens is 1. The highest BCUT2D eigenvalue weighted by Crippen LogP contribution is 2.30. The molecule has 2 amide bonds. The summed E-state index contributed by atoms with van der Waals surface area (Å²) in [4.78, 5) is 26.6. The molecule has 0 radical (unpaired) electrons. The Bertz CT molecular complexity index is 690. The van der Waals surface area contributed by atoms with Crippen molar-refractivity contribution < 1.29 is 14.3 Å². The van der Waals surface area contributed by atoms with Crippen molar-refractivity contribution in [3.05, 3.63) is 40.4 Å². The first-order valence-corrected chi connectivity index (χ1v) is 8.20. The standard InChI is InChI=1S/C15H16ClN3O3S/c16-12-5-2-1-4-11(12)14-19-10(9-23-14)8-13(20)22-7-3-6-18-15(17)21/h1-2,4-5,9H,3,6-8H2,(H3,17,18,21). The molecule has 122 valence electrons. The van der Waals surface area contributed by atoms with Gasteiger partial charge in [0.05, 0.1) is 23.7 Å². The summed E-state index contributed by atoms with van der Waals surface area (Å²) in [7, 11) is 0. The maximum Gasteiger partial charge on any atom is 0.312 e. The molecule has 1 aromatic carbocycles. The monoisotopic (exact) mass is 353 g/mol. The van der Waals surface area contributed by atoms with Crippen molar-refractivity contribution in [2.24, 2.45) is 5.73 Å². The lowest BCUT2D eigenvalue weighted by atomic mass is 10.2. The molecule has 0 aliphatic carbocycles. The number of thiazole rings is 1. The molecule has 0 aliphatic rings. The van der Waals surface area contributed by atoms with Gasteiger partial charge in [0, 0.05) is 17.5 Å². The predicted octanol–water partition coefficient (Wildman–Crippen LogP) is 2.61. The third kappa shape index (κ3) is 5.54. The average molecular weight is 354 g/mol. The molecule has 23 heavy (non-hydrogen) atoms. The van der Waals surface area contributed by atoms with Crippen LogP contribution < -0.4 is 11.1 Å². The highest BCUT2D eigenvalue weighted by Gasteiger charge is 2.11. The molecular formula is C15H16ClN3O3S. The third-order valence-electron chi connectivity index (χ3n) is 2.86. The van der Waals surface area contributed by atoms with Gasteiger partial charge in [-0.25, -0.2) is 9.78 Å². The summed E-state index contributed by atoms with van der Waals surface area (Å²) in [5, 5.41) is 5.62. The summed E-state index contributed by atoms with van der Waals surface area (Å²) in [6, 6.07) is 6.83. The fraction of sp³-hybridized carbons (Fsp3) is 0.267. The van der Waals surface area contributed by atoms with E-state index in [4.69, 9.17) is 22.1 Å². The number of primary amides is 1. The normalized spacial score (nSPS) is 10.3. The van der Waals surface area contributed by atoms with E-state index in [1.165, 1.54) is 11.3 Å². The van der Waals surface area contributed by atoms with Gasteiger partial charge in [0.1, 0.15) is 5.01 Å². The molecule has 0 bridgehead atoms. The Morgan fingerprint density at radius 2 is 2.13 bits per heavy atom. The number of urea groups is 1. The van der Waals surface area contributed by atoms with Gasteiger partial charge >= 0.3 is 12.0 Å². The number of halogens is 1. The van der Waals surface area contributed by atoms with Crippen LogP contribution >= 0.6 is 22.9 Å². The fourth-order valence-electron chi connectivity index (χ4n) is 1.82. The van der Waals surface area contributed by atoms with E-state index in [-0.39, 0.29) is 19.0 Å². The van der Waals surface area contributed by atoms with Gasteiger partial charge in [0.25, 0.3) is 0 Å². The number of amides is 2. The molecule has 0 fully saturated rings. The Hall–Kier alpha value is -2.12. The summed E-state index contributed by atoms with van der Waals surface area (Å²) in [6.45, 7) is 0.594. The van der Waals surface area contributed by atoms with Crippen LogP contribution in [-0.4, -0.2) is 30.1 Å². The lowest BCUT2D eigenvalue weighted by Crippen LogP contribution is -2.30. The number of ether oxygens (including phenoxy) is 1. The largest absolute Gasteiger partial charge is 0.465 e. The van der Waals surface area contributed by atoms with Crippen molar-refractivity contribution >= 4 is 34.9 Å². The number of benzene rings is 1. The van der Waals surface area contributed by atoms with Crippen LogP contribution in [0.3, 0.4) is 0 Å². The molecule has 2 rings (SSSR count). The van der Waals surface area contributed by atoms with E-state index in [9.17, 15) is 9.59 Å². The van der Waals surface area contributed by atoms with E-state index in [1.807, 2.05) is 23.6 Å². The number of hydrogen-bond acceptors (Lipinski definition) is 5. The number of nitrogens with two attached hydrogens (primary N) is 1. The molecule has 3 N–H and O–H groups in total. The summed E-state index contributed by atoms with van der Waals surface area (Å²) in [5.74, 6) is -0.361. The lowest BCUT2D eigenvalue weighted by Gasteiger charge is -2.04. The Morgan fingerprint density at radius 1 is 1.35 bits per heavy atom. The van der Waals surface area contributed by atoms with Crippen LogP contribution in [-0.2, 0) is 16.0 Å². The van der Waals surface area contributed by atoms with Crippen LogP contribution in [0.5, 0.6) is 0 Å².